The number of fused-ring (bicyclic) bond motifs is 1. The molecule has 2 aromatic rings. The number of amides is 1. The number of benzene rings is 2. The Kier molecular flexibility index (Phi) is 7.47. The van der Waals surface area contributed by atoms with Crippen LogP contribution in [0.2, 0.25) is 0 Å². The van der Waals surface area contributed by atoms with Crippen molar-refractivity contribution in [3.05, 3.63) is 42.5 Å². The average molecular weight is 527 g/mol. The first-order valence-electron chi connectivity index (χ1n) is 12.1. The average Bonchev–Trinajstić information content (AvgIpc) is 3.51. The Labute approximate surface area is 216 Å². The van der Waals surface area contributed by atoms with E-state index in [0.717, 1.165) is 36.4 Å². The van der Waals surface area contributed by atoms with Crippen LogP contribution in [0, 0.1) is 17.2 Å². The van der Waals surface area contributed by atoms with Crippen LogP contribution in [0.4, 0.5) is 0 Å². The number of guanidine groups is 1. The first-order chi connectivity index (χ1) is 17.5. The zero-order chi connectivity index (χ0) is 27.0. The molecule has 197 valence electrons. The largest absolute Gasteiger partial charge is 0.368 e. The number of likely N-dealkylation sites (N-methyl/N-ethyl adjacent to an activating group) is 1. The summed E-state index contributed by atoms with van der Waals surface area (Å²) in [5.41, 5.74) is 12.4. The molecule has 2 fully saturated rings. The Morgan fingerprint density at radius 1 is 1.24 bits per heavy atom. The van der Waals surface area contributed by atoms with Gasteiger partial charge in [0, 0.05) is 25.8 Å². The third kappa shape index (κ3) is 5.42. The summed E-state index contributed by atoms with van der Waals surface area (Å²) in [5.74, 6) is -3.71. The zero-order valence-electron chi connectivity index (χ0n) is 20.8. The summed E-state index contributed by atoms with van der Waals surface area (Å²) in [6.07, 6.45) is 2.76. The molecule has 1 radical (unpaired) electrons. The molecular weight excluding hydrogens is 494 g/mol. The van der Waals surface area contributed by atoms with Crippen molar-refractivity contribution in [2.75, 3.05) is 20.1 Å². The molecule has 0 aromatic heterocycles. The molecule has 3 unspecified atom stereocenters. The van der Waals surface area contributed by atoms with E-state index in [4.69, 9.17) is 16.9 Å². The summed E-state index contributed by atoms with van der Waals surface area (Å²) < 4.78 is 28.6. The van der Waals surface area contributed by atoms with Gasteiger partial charge in [0.25, 0.3) is 0 Å². The van der Waals surface area contributed by atoms with Gasteiger partial charge in [-0.05, 0) is 49.2 Å². The molecular formula is C25H32N7O4S. The SMILES string of the molecule is C[C@H](NS(=O)(=O)c1ccc2ccccc2c1)C(=O)C1[C@@H](C(=O)N(C)C2CCCNC2)C1([NH])C=NC(=N)N. The molecule has 1 aliphatic carbocycles. The van der Waals surface area contributed by atoms with Gasteiger partial charge in [-0.3, -0.25) is 15.0 Å². The summed E-state index contributed by atoms with van der Waals surface area (Å²) in [7, 11) is -2.41. The number of ketones is 1. The number of carbonyl (C=O) groups excluding carboxylic acids is 2. The number of Topliss-reactive ketones (excluding diaryl/α,β-unsaturated/α-hetero) is 1. The van der Waals surface area contributed by atoms with Crippen LogP contribution in [0.15, 0.2) is 52.4 Å². The van der Waals surface area contributed by atoms with Gasteiger partial charge in [0.1, 0.15) is 0 Å². The van der Waals surface area contributed by atoms with E-state index < -0.39 is 45.2 Å². The van der Waals surface area contributed by atoms with Crippen molar-refractivity contribution in [2.24, 2.45) is 22.6 Å². The number of piperidine rings is 1. The molecule has 11 nitrogen and oxygen atoms in total. The van der Waals surface area contributed by atoms with Crippen LogP contribution in [-0.2, 0) is 19.6 Å². The van der Waals surface area contributed by atoms with Crippen molar-refractivity contribution in [2.45, 2.75) is 42.3 Å². The number of hydrogen-bond donors (Lipinski definition) is 4. The third-order valence-corrected chi connectivity index (χ3v) is 8.74. The molecule has 1 saturated carbocycles. The number of sulfonamides is 1. The van der Waals surface area contributed by atoms with Crippen molar-refractivity contribution >= 4 is 44.7 Å². The quantitative estimate of drug-likeness (QED) is 0.287. The highest BCUT2D eigenvalue weighted by Gasteiger charge is 2.70. The van der Waals surface area contributed by atoms with Crippen molar-refractivity contribution < 1.29 is 18.0 Å². The predicted octanol–water partition coefficient (Wildman–Crippen LogP) is 0.518. The minimum Gasteiger partial charge on any atom is -0.368 e. The van der Waals surface area contributed by atoms with Gasteiger partial charge in [-0.2, -0.15) is 0 Å². The van der Waals surface area contributed by atoms with E-state index in [1.54, 1.807) is 30.1 Å². The number of nitrogens with zero attached hydrogens (tertiary/aromatic N) is 2. The summed E-state index contributed by atoms with van der Waals surface area (Å²) in [4.78, 5) is 32.0. The topological polar surface area (TPSA) is 182 Å². The smallest absolute Gasteiger partial charge is 0.241 e. The van der Waals surface area contributed by atoms with Gasteiger partial charge >= 0.3 is 0 Å². The van der Waals surface area contributed by atoms with Gasteiger partial charge in [-0.1, -0.05) is 30.3 Å². The van der Waals surface area contributed by atoms with Crippen LogP contribution in [0.1, 0.15) is 19.8 Å². The van der Waals surface area contributed by atoms with Crippen LogP contribution in [0.25, 0.3) is 10.8 Å². The number of nitrogens with two attached hydrogens (primary N) is 1. The first-order valence-corrected chi connectivity index (χ1v) is 13.6. The fourth-order valence-electron chi connectivity index (χ4n) is 5.02. The normalized spacial score (nSPS) is 26.6. The monoisotopic (exact) mass is 526 g/mol. The summed E-state index contributed by atoms with van der Waals surface area (Å²) >= 11 is 0. The van der Waals surface area contributed by atoms with Gasteiger partial charge in [-0.25, -0.2) is 23.9 Å². The van der Waals surface area contributed by atoms with Gasteiger partial charge in [0.2, 0.25) is 21.9 Å². The standard InChI is InChI=1S/C25H32N7O4S/c1-15(31-37(35,36)19-10-9-16-6-3-4-7-17(16)12-19)22(33)20-21(25(20,28)14-30-24(26)27)23(34)32(2)18-8-5-11-29-13-18/h3-4,6-7,9-10,12,14-15,18,20-21,28-29,31H,5,8,11,13H2,1-2H3,(H3,26,27)/t15-,18?,20?,21-,25?/m0/s1. The van der Waals surface area contributed by atoms with E-state index in [1.165, 1.54) is 19.1 Å². The predicted molar refractivity (Wildman–Crippen MR) is 141 cm³/mol. The molecule has 1 heterocycles. The third-order valence-electron chi connectivity index (χ3n) is 7.20. The Morgan fingerprint density at radius 3 is 2.59 bits per heavy atom. The summed E-state index contributed by atoms with van der Waals surface area (Å²) in [6, 6.07) is 10.7. The van der Waals surface area contributed by atoms with Gasteiger partial charge in [0.15, 0.2) is 5.78 Å². The zero-order valence-corrected chi connectivity index (χ0v) is 21.6. The van der Waals surface area contributed by atoms with Gasteiger partial charge in [0.05, 0.1) is 28.3 Å². The van der Waals surface area contributed by atoms with E-state index in [-0.39, 0.29) is 16.8 Å². The molecule has 2 aromatic carbocycles. The Morgan fingerprint density at radius 2 is 1.95 bits per heavy atom. The van der Waals surface area contributed by atoms with E-state index in [1.807, 2.05) is 12.1 Å². The lowest BCUT2D eigenvalue weighted by Gasteiger charge is -2.32. The molecule has 1 aliphatic heterocycles. The lowest BCUT2D eigenvalue weighted by Crippen LogP contribution is -2.48. The number of carbonyl (C=O) groups is 2. The van der Waals surface area contributed by atoms with Gasteiger partial charge in [-0.15, -0.1) is 0 Å². The van der Waals surface area contributed by atoms with E-state index in [0.29, 0.717) is 6.54 Å². The van der Waals surface area contributed by atoms with Crippen LogP contribution in [-0.4, -0.2) is 74.9 Å². The second kappa shape index (κ2) is 10.3. The van der Waals surface area contributed by atoms with Crippen molar-refractivity contribution in [3.63, 3.8) is 0 Å². The molecule has 0 spiro atoms. The molecule has 1 saturated heterocycles. The van der Waals surface area contributed by atoms with Crippen molar-refractivity contribution in [3.8, 4) is 0 Å². The van der Waals surface area contributed by atoms with Crippen LogP contribution in [0.5, 0.6) is 0 Å². The molecule has 37 heavy (non-hydrogen) atoms. The minimum absolute atomic E-state index is 0.00841. The molecule has 1 amide bonds. The molecule has 4 rings (SSSR count). The van der Waals surface area contributed by atoms with Crippen LogP contribution in [0.3, 0.4) is 0 Å². The van der Waals surface area contributed by atoms with Crippen molar-refractivity contribution in [1.82, 2.24) is 20.7 Å². The Balaban J connectivity index is 1.54. The van der Waals surface area contributed by atoms with Gasteiger partial charge < -0.3 is 16.0 Å². The maximum Gasteiger partial charge on any atom is 0.241 e. The molecule has 2 aliphatic rings. The lowest BCUT2D eigenvalue weighted by atomic mass is 10.0. The van der Waals surface area contributed by atoms with E-state index in [2.05, 4.69) is 15.0 Å². The Bertz CT molecular complexity index is 1360. The second-order valence-electron chi connectivity index (χ2n) is 9.74. The number of nitrogens with one attached hydrogen (secondary N) is 4. The van der Waals surface area contributed by atoms with Crippen LogP contribution >= 0.6 is 0 Å². The van der Waals surface area contributed by atoms with E-state index >= 15 is 0 Å². The maximum absolute atomic E-state index is 13.4. The highest BCUT2D eigenvalue weighted by molar-refractivity contribution is 7.89. The van der Waals surface area contributed by atoms with Crippen molar-refractivity contribution in [1.29, 1.82) is 5.41 Å². The number of rotatable bonds is 8. The molecule has 6 N–H and O–H groups in total. The molecule has 5 atom stereocenters. The molecule has 12 heteroatoms. The van der Waals surface area contributed by atoms with E-state index in [9.17, 15) is 18.0 Å². The Hall–Kier alpha value is -3.19. The summed E-state index contributed by atoms with van der Waals surface area (Å²) in [5, 5.41) is 12.2. The summed E-state index contributed by atoms with van der Waals surface area (Å²) in [6.45, 7) is 2.88. The minimum atomic E-state index is -4.06. The fourth-order valence-corrected chi connectivity index (χ4v) is 6.26. The molecule has 0 bridgehead atoms. The number of aliphatic imine (C=N–C) groups is 1. The fraction of sp³-hybridized carbons (Fsp3) is 0.440. The highest BCUT2D eigenvalue weighted by atomic mass is 32.2. The maximum atomic E-state index is 13.4. The second-order valence-corrected chi connectivity index (χ2v) is 11.4. The lowest BCUT2D eigenvalue weighted by molar-refractivity contribution is -0.135. The van der Waals surface area contributed by atoms with Crippen LogP contribution < -0.4 is 21.5 Å². The number of hydrogen-bond acceptors (Lipinski definition) is 6. The first kappa shape index (κ1) is 26.9. The highest BCUT2D eigenvalue weighted by Crippen LogP contribution is 2.51.